The van der Waals surface area contributed by atoms with E-state index in [0.717, 1.165) is 0 Å². The van der Waals surface area contributed by atoms with Crippen LogP contribution in [-0.4, -0.2) is 49.4 Å². The van der Waals surface area contributed by atoms with Crippen molar-refractivity contribution in [2.45, 2.75) is 6.92 Å². The van der Waals surface area contributed by atoms with E-state index >= 15 is 0 Å². The average Bonchev–Trinajstić information content (AvgIpc) is 2.44. The molecule has 1 N–H and O–H groups in total. The summed E-state index contributed by atoms with van der Waals surface area (Å²) in [6, 6.07) is 6.39. The lowest BCUT2D eigenvalue weighted by molar-refractivity contribution is -0.147. The molecule has 0 atom stereocenters. The van der Waals surface area contributed by atoms with E-state index in [1.807, 2.05) is 0 Å². The van der Waals surface area contributed by atoms with Crippen molar-refractivity contribution in [3.05, 3.63) is 34.9 Å². The zero-order valence-electron chi connectivity index (χ0n) is 11.9. The molecule has 21 heavy (non-hydrogen) atoms. The summed E-state index contributed by atoms with van der Waals surface area (Å²) in [5.74, 6) is -1.29. The van der Waals surface area contributed by atoms with E-state index in [0.29, 0.717) is 10.6 Å². The number of carbonyl (C=O) groups excluding carboxylic acids is 3. The average molecular weight is 313 g/mol. The van der Waals surface area contributed by atoms with E-state index in [4.69, 9.17) is 16.3 Å². The first-order valence-corrected chi connectivity index (χ1v) is 6.75. The molecule has 1 rings (SSSR count). The van der Waals surface area contributed by atoms with Crippen LogP contribution in [0.25, 0.3) is 0 Å². The molecule has 0 saturated carbocycles. The maximum absolute atomic E-state index is 11.8. The van der Waals surface area contributed by atoms with Crippen LogP contribution in [0.3, 0.4) is 0 Å². The fourth-order valence-corrected chi connectivity index (χ4v) is 1.70. The quantitative estimate of drug-likeness (QED) is 0.798. The number of carbonyl (C=O) groups is 3. The Morgan fingerprint density at radius 3 is 2.67 bits per heavy atom. The molecular weight excluding hydrogens is 296 g/mol. The first-order valence-electron chi connectivity index (χ1n) is 6.37. The molecule has 1 aromatic rings. The summed E-state index contributed by atoms with van der Waals surface area (Å²) in [5.41, 5.74) is 0.364. The van der Waals surface area contributed by atoms with Crippen molar-refractivity contribution in [1.82, 2.24) is 10.2 Å². The van der Waals surface area contributed by atoms with Crippen LogP contribution in [0.2, 0.25) is 5.02 Å². The molecule has 0 aliphatic rings. The van der Waals surface area contributed by atoms with Gasteiger partial charge in [-0.1, -0.05) is 17.7 Å². The molecule has 0 spiro atoms. The molecule has 0 bridgehead atoms. The normalized spacial score (nSPS) is 9.86. The van der Waals surface area contributed by atoms with Crippen LogP contribution in [0.15, 0.2) is 24.3 Å². The second-order valence-corrected chi connectivity index (χ2v) is 4.68. The Morgan fingerprint density at radius 2 is 2.05 bits per heavy atom. The summed E-state index contributed by atoms with van der Waals surface area (Å²) in [7, 11) is 1.46. The van der Waals surface area contributed by atoms with E-state index in [-0.39, 0.29) is 19.7 Å². The third-order valence-electron chi connectivity index (χ3n) is 2.58. The standard InChI is InChI=1S/C14H17ClN2O4/c1-3-21-13(19)9-17(2)12(18)8-16-14(20)10-5-4-6-11(15)7-10/h4-7H,3,8-9H2,1-2H3,(H,16,20). The maximum atomic E-state index is 11.8. The number of amides is 2. The summed E-state index contributed by atoms with van der Waals surface area (Å²) in [6.45, 7) is 1.58. The number of nitrogens with zero attached hydrogens (tertiary/aromatic N) is 1. The van der Waals surface area contributed by atoms with Gasteiger partial charge in [0.15, 0.2) is 0 Å². The lowest BCUT2D eigenvalue weighted by atomic mass is 10.2. The predicted molar refractivity (Wildman–Crippen MR) is 78.1 cm³/mol. The summed E-state index contributed by atoms with van der Waals surface area (Å²) in [6.07, 6.45) is 0. The summed E-state index contributed by atoms with van der Waals surface area (Å²) in [4.78, 5) is 36.0. The Labute approximate surface area is 128 Å². The van der Waals surface area contributed by atoms with Crippen molar-refractivity contribution in [2.75, 3.05) is 26.7 Å². The van der Waals surface area contributed by atoms with Gasteiger partial charge in [0.1, 0.15) is 6.54 Å². The molecule has 1 aromatic carbocycles. The minimum Gasteiger partial charge on any atom is -0.465 e. The number of benzene rings is 1. The van der Waals surface area contributed by atoms with E-state index in [9.17, 15) is 14.4 Å². The number of nitrogens with one attached hydrogen (secondary N) is 1. The SMILES string of the molecule is CCOC(=O)CN(C)C(=O)CNC(=O)c1cccc(Cl)c1. The molecule has 0 aromatic heterocycles. The number of ether oxygens (including phenoxy) is 1. The largest absolute Gasteiger partial charge is 0.465 e. The molecular formula is C14H17ClN2O4. The minimum absolute atomic E-state index is 0.153. The van der Waals surface area contributed by atoms with Crippen molar-refractivity contribution in [3.8, 4) is 0 Å². The Kier molecular flexibility index (Phi) is 6.68. The summed E-state index contributed by atoms with van der Waals surface area (Å²) >= 11 is 5.78. The number of likely N-dealkylation sites (N-methyl/N-ethyl adjacent to an activating group) is 1. The van der Waals surface area contributed by atoms with Gasteiger partial charge in [0.05, 0.1) is 13.2 Å². The van der Waals surface area contributed by atoms with Crippen LogP contribution in [0.5, 0.6) is 0 Å². The number of halogens is 1. The van der Waals surface area contributed by atoms with Gasteiger partial charge in [0, 0.05) is 17.6 Å². The number of hydrogen-bond donors (Lipinski definition) is 1. The fraction of sp³-hybridized carbons (Fsp3) is 0.357. The first-order chi connectivity index (χ1) is 9.93. The van der Waals surface area contributed by atoms with Crippen molar-refractivity contribution in [1.29, 1.82) is 0 Å². The third-order valence-corrected chi connectivity index (χ3v) is 2.82. The Morgan fingerprint density at radius 1 is 1.33 bits per heavy atom. The Balaban J connectivity index is 2.45. The monoisotopic (exact) mass is 312 g/mol. The van der Waals surface area contributed by atoms with E-state index in [2.05, 4.69) is 5.32 Å². The highest BCUT2D eigenvalue weighted by atomic mass is 35.5. The zero-order valence-corrected chi connectivity index (χ0v) is 12.6. The predicted octanol–water partition coefficient (Wildman–Crippen LogP) is 1.09. The van der Waals surface area contributed by atoms with Crippen LogP contribution < -0.4 is 5.32 Å². The summed E-state index contributed by atoms with van der Waals surface area (Å²) in [5, 5.41) is 2.91. The van der Waals surface area contributed by atoms with Crippen LogP contribution in [0, 0.1) is 0 Å². The van der Waals surface area contributed by atoms with Gasteiger partial charge in [-0.2, -0.15) is 0 Å². The third kappa shape index (κ3) is 5.83. The fourth-order valence-electron chi connectivity index (χ4n) is 1.51. The zero-order chi connectivity index (χ0) is 15.8. The van der Waals surface area contributed by atoms with E-state index in [1.54, 1.807) is 25.1 Å². The van der Waals surface area contributed by atoms with Crippen molar-refractivity contribution in [2.24, 2.45) is 0 Å². The molecule has 114 valence electrons. The number of rotatable bonds is 6. The molecule has 0 unspecified atom stereocenters. The first kappa shape index (κ1) is 17.0. The topological polar surface area (TPSA) is 75.7 Å². The van der Waals surface area contributed by atoms with Crippen molar-refractivity contribution in [3.63, 3.8) is 0 Å². The maximum Gasteiger partial charge on any atom is 0.325 e. The van der Waals surface area contributed by atoms with Crippen molar-refractivity contribution < 1.29 is 19.1 Å². The van der Waals surface area contributed by atoms with Crippen LogP contribution in [0.1, 0.15) is 17.3 Å². The minimum atomic E-state index is -0.491. The molecule has 0 aliphatic heterocycles. The van der Waals surface area contributed by atoms with Crippen LogP contribution >= 0.6 is 11.6 Å². The molecule has 0 radical (unpaired) electrons. The highest BCUT2D eigenvalue weighted by Gasteiger charge is 2.15. The molecule has 0 saturated heterocycles. The van der Waals surface area contributed by atoms with Crippen LogP contribution in [-0.2, 0) is 14.3 Å². The smallest absolute Gasteiger partial charge is 0.325 e. The molecule has 0 heterocycles. The second kappa shape index (κ2) is 8.26. The highest BCUT2D eigenvalue weighted by Crippen LogP contribution is 2.10. The van der Waals surface area contributed by atoms with Gasteiger partial charge in [-0.15, -0.1) is 0 Å². The molecule has 2 amide bonds. The van der Waals surface area contributed by atoms with Gasteiger partial charge in [0.25, 0.3) is 5.91 Å². The Hall–Kier alpha value is -2.08. The summed E-state index contributed by atoms with van der Waals surface area (Å²) < 4.78 is 4.74. The number of hydrogen-bond acceptors (Lipinski definition) is 4. The molecule has 0 fully saturated rings. The van der Waals surface area contributed by atoms with Gasteiger partial charge in [-0.3, -0.25) is 14.4 Å². The molecule has 7 heteroatoms. The second-order valence-electron chi connectivity index (χ2n) is 4.25. The van der Waals surface area contributed by atoms with E-state index in [1.165, 1.54) is 18.0 Å². The van der Waals surface area contributed by atoms with Gasteiger partial charge in [-0.05, 0) is 25.1 Å². The lowest BCUT2D eigenvalue weighted by Gasteiger charge is -2.16. The Bertz CT molecular complexity index is 533. The van der Waals surface area contributed by atoms with Crippen LogP contribution in [0.4, 0.5) is 0 Å². The molecule has 6 nitrogen and oxygen atoms in total. The van der Waals surface area contributed by atoms with E-state index < -0.39 is 17.8 Å². The highest BCUT2D eigenvalue weighted by molar-refractivity contribution is 6.30. The van der Waals surface area contributed by atoms with Gasteiger partial charge < -0.3 is 15.0 Å². The molecule has 0 aliphatic carbocycles. The van der Waals surface area contributed by atoms with Gasteiger partial charge in [-0.25, -0.2) is 0 Å². The number of esters is 1. The lowest BCUT2D eigenvalue weighted by Crippen LogP contribution is -2.40. The van der Waals surface area contributed by atoms with Gasteiger partial charge >= 0.3 is 5.97 Å². The van der Waals surface area contributed by atoms with Crippen molar-refractivity contribution >= 4 is 29.4 Å². The van der Waals surface area contributed by atoms with Gasteiger partial charge in [0.2, 0.25) is 5.91 Å².